The molecule has 4 rings (SSSR count). The molecule has 2 aromatic carbocycles. The largest absolute Gasteiger partial charge is 0.378 e. The molecule has 1 spiro atoms. The number of carbonyl (C=O) groups is 2. The zero-order chi connectivity index (χ0) is 19.2. The van der Waals surface area contributed by atoms with Crippen molar-refractivity contribution in [2.75, 3.05) is 4.90 Å². The number of rotatable bonds is 3. The number of oxime groups is 1. The van der Waals surface area contributed by atoms with Gasteiger partial charge in [0.25, 0.3) is 11.6 Å². The van der Waals surface area contributed by atoms with Crippen molar-refractivity contribution in [3.8, 4) is 0 Å². The molecule has 0 aliphatic carbocycles. The lowest BCUT2D eigenvalue weighted by molar-refractivity contribution is -0.384. The molecule has 0 radical (unpaired) electrons. The first-order valence-corrected chi connectivity index (χ1v) is 8.34. The third kappa shape index (κ3) is 2.75. The van der Waals surface area contributed by atoms with E-state index in [0.29, 0.717) is 17.0 Å². The lowest BCUT2D eigenvalue weighted by atomic mass is 9.92. The standard InChI is InChI=1S/C19H15N3O5/c1-12-5-7-14(8-6-12)21-17(23)11-19(18(21)24)10-16(20-27-19)13-3-2-4-15(9-13)22(25)26/h2-9H,10-11H2,1H3/t19-/m1/s1. The van der Waals surface area contributed by atoms with Crippen LogP contribution in [0.4, 0.5) is 11.4 Å². The minimum absolute atomic E-state index is 0.0775. The molecule has 8 heteroatoms. The molecule has 0 N–H and O–H groups in total. The predicted octanol–water partition coefficient (Wildman–Crippen LogP) is 2.73. The van der Waals surface area contributed by atoms with Gasteiger partial charge in [0, 0.05) is 24.1 Å². The van der Waals surface area contributed by atoms with Gasteiger partial charge in [0.1, 0.15) is 0 Å². The highest BCUT2D eigenvalue weighted by molar-refractivity contribution is 6.25. The summed E-state index contributed by atoms with van der Waals surface area (Å²) in [6, 6.07) is 13.0. The van der Waals surface area contributed by atoms with E-state index in [2.05, 4.69) is 5.16 Å². The van der Waals surface area contributed by atoms with Crippen molar-refractivity contribution in [2.24, 2.45) is 5.16 Å². The first-order valence-electron chi connectivity index (χ1n) is 8.34. The Morgan fingerprint density at radius 2 is 1.89 bits per heavy atom. The number of aryl methyl sites for hydroxylation is 1. The van der Waals surface area contributed by atoms with Crippen molar-refractivity contribution in [1.29, 1.82) is 0 Å². The van der Waals surface area contributed by atoms with Crippen LogP contribution in [-0.2, 0) is 14.4 Å². The van der Waals surface area contributed by atoms with Crippen LogP contribution in [0, 0.1) is 17.0 Å². The summed E-state index contributed by atoms with van der Waals surface area (Å²) in [5.41, 5.74) is 0.940. The molecule has 1 atom stereocenters. The van der Waals surface area contributed by atoms with Crippen molar-refractivity contribution >= 4 is 28.9 Å². The average Bonchev–Trinajstić information content (AvgIpc) is 3.18. The van der Waals surface area contributed by atoms with Gasteiger partial charge in [0.05, 0.1) is 22.7 Å². The van der Waals surface area contributed by atoms with Crippen molar-refractivity contribution in [3.05, 3.63) is 69.8 Å². The zero-order valence-corrected chi connectivity index (χ0v) is 14.4. The number of carbonyl (C=O) groups excluding carboxylic acids is 2. The van der Waals surface area contributed by atoms with Crippen LogP contribution in [0.15, 0.2) is 53.7 Å². The summed E-state index contributed by atoms with van der Waals surface area (Å²) < 4.78 is 0. The Hall–Kier alpha value is -3.55. The Morgan fingerprint density at radius 1 is 1.15 bits per heavy atom. The smallest absolute Gasteiger partial charge is 0.281 e. The highest BCUT2D eigenvalue weighted by Gasteiger charge is 2.58. The van der Waals surface area contributed by atoms with Gasteiger partial charge < -0.3 is 4.84 Å². The maximum Gasteiger partial charge on any atom is 0.281 e. The molecule has 1 fully saturated rings. The summed E-state index contributed by atoms with van der Waals surface area (Å²) in [5, 5.41) is 14.9. The van der Waals surface area contributed by atoms with Crippen LogP contribution in [-0.4, -0.2) is 28.1 Å². The molecule has 0 bridgehead atoms. The van der Waals surface area contributed by atoms with E-state index in [1.807, 2.05) is 19.1 Å². The van der Waals surface area contributed by atoms with Gasteiger partial charge >= 0.3 is 0 Å². The molecule has 8 nitrogen and oxygen atoms in total. The van der Waals surface area contributed by atoms with Crippen LogP contribution < -0.4 is 4.90 Å². The topological polar surface area (TPSA) is 102 Å². The van der Waals surface area contributed by atoms with E-state index in [9.17, 15) is 19.7 Å². The van der Waals surface area contributed by atoms with Crippen molar-refractivity contribution in [3.63, 3.8) is 0 Å². The lowest BCUT2D eigenvalue weighted by Crippen LogP contribution is -2.40. The van der Waals surface area contributed by atoms with Gasteiger partial charge in [0.2, 0.25) is 11.5 Å². The first-order chi connectivity index (χ1) is 12.9. The minimum atomic E-state index is -1.39. The second kappa shape index (κ2) is 6.01. The van der Waals surface area contributed by atoms with Gasteiger partial charge in [-0.25, -0.2) is 4.90 Å². The Labute approximate surface area is 154 Å². The lowest BCUT2D eigenvalue weighted by Gasteiger charge is -2.19. The molecule has 2 aromatic rings. The van der Waals surface area contributed by atoms with Gasteiger partial charge in [-0.1, -0.05) is 35.0 Å². The van der Waals surface area contributed by atoms with Crippen molar-refractivity contribution in [2.45, 2.75) is 25.4 Å². The van der Waals surface area contributed by atoms with Crippen molar-refractivity contribution < 1.29 is 19.3 Å². The van der Waals surface area contributed by atoms with Crippen LogP contribution in [0.25, 0.3) is 0 Å². The van der Waals surface area contributed by atoms with Crippen LogP contribution in [0.1, 0.15) is 24.0 Å². The molecule has 2 amide bonds. The summed E-state index contributed by atoms with van der Waals surface area (Å²) in [7, 11) is 0. The normalized spacial score (nSPS) is 21.5. The third-order valence-electron chi connectivity index (χ3n) is 4.74. The quantitative estimate of drug-likeness (QED) is 0.473. The molecular formula is C19H15N3O5. The minimum Gasteiger partial charge on any atom is -0.378 e. The number of hydrogen-bond acceptors (Lipinski definition) is 6. The molecule has 2 aliphatic heterocycles. The Morgan fingerprint density at radius 3 is 2.59 bits per heavy atom. The molecule has 136 valence electrons. The first kappa shape index (κ1) is 16.9. The van der Waals surface area contributed by atoms with Crippen LogP contribution in [0.5, 0.6) is 0 Å². The van der Waals surface area contributed by atoms with Gasteiger partial charge in [-0.3, -0.25) is 19.7 Å². The summed E-state index contributed by atoms with van der Waals surface area (Å²) in [6.07, 6.45) is -0.0389. The van der Waals surface area contributed by atoms with Gasteiger partial charge in [0.15, 0.2) is 0 Å². The fourth-order valence-electron chi connectivity index (χ4n) is 3.31. The van der Waals surface area contributed by atoms with Crippen LogP contribution in [0.3, 0.4) is 0 Å². The number of benzene rings is 2. The molecule has 0 saturated carbocycles. The summed E-state index contributed by atoms with van der Waals surface area (Å²) in [5.74, 6) is -0.833. The molecular weight excluding hydrogens is 350 g/mol. The average molecular weight is 365 g/mol. The van der Waals surface area contributed by atoms with E-state index >= 15 is 0 Å². The SMILES string of the molecule is Cc1ccc(N2C(=O)C[C@]3(CC(c4cccc([N+](=O)[O-])c4)=NO3)C2=O)cc1. The fourth-order valence-corrected chi connectivity index (χ4v) is 3.31. The Kier molecular flexibility index (Phi) is 3.76. The second-order valence-corrected chi connectivity index (χ2v) is 6.65. The van der Waals surface area contributed by atoms with E-state index in [1.54, 1.807) is 24.3 Å². The summed E-state index contributed by atoms with van der Waals surface area (Å²) in [6.45, 7) is 1.91. The number of nitro groups is 1. The van der Waals surface area contributed by atoms with E-state index in [0.717, 1.165) is 10.5 Å². The summed E-state index contributed by atoms with van der Waals surface area (Å²) >= 11 is 0. The number of non-ortho nitro benzene ring substituents is 1. The number of nitrogens with zero attached hydrogens (tertiary/aromatic N) is 3. The second-order valence-electron chi connectivity index (χ2n) is 6.65. The summed E-state index contributed by atoms with van der Waals surface area (Å²) in [4.78, 5) is 42.5. The van der Waals surface area contributed by atoms with Crippen LogP contribution >= 0.6 is 0 Å². The molecule has 2 aliphatic rings. The van der Waals surface area contributed by atoms with E-state index in [4.69, 9.17) is 4.84 Å². The maximum atomic E-state index is 13.0. The molecule has 1 saturated heterocycles. The van der Waals surface area contributed by atoms with Gasteiger partial charge in [-0.05, 0) is 19.1 Å². The zero-order valence-electron chi connectivity index (χ0n) is 14.4. The number of amides is 2. The predicted molar refractivity (Wildman–Crippen MR) is 96.4 cm³/mol. The maximum absolute atomic E-state index is 13.0. The van der Waals surface area contributed by atoms with Crippen molar-refractivity contribution in [1.82, 2.24) is 0 Å². The fraction of sp³-hybridized carbons (Fsp3) is 0.211. The van der Waals surface area contributed by atoms with Gasteiger partial charge in [-0.2, -0.15) is 0 Å². The van der Waals surface area contributed by atoms with E-state index in [-0.39, 0.29) is 24.4 Å². The highest BCUT2D eigenvalue weighted by Crippen LogP contribution is 2.39. The van der Waals surface area contributed by atoms with E-state index in [1.165, 1.54) is 12.1 Å². The highest BCUT2D eigenvalue weighted by atomic mass is 16.7. The molecule has 0 aromatic heterocycles. The van der Waals surface area contributed by atoms with Crippen LogP contribution in [0.2, 0.25) is 0 Å². The number of imide groups is 1. The molecule has 2 heterocycles. The number of hydrogen-bond donors (Lipinski definition) is 0. The van der Waals surface area contributed by atoms with E-state index < -0.39 is 16.4 Å². The van der Waals surface area contributed by atoms with Gasteiger partial charge in [-0.15, -0.1) is 0 Å². The Bertz CT molecular complexity index is 999. The third-order valence-corrected chi connectivity index (χ3v) is 4.74. The molecule has 0 unspecified atom stereocenters. The monoisotopic (exact) mass is 365 g/mol. The molecule has 27 heavy (non-hydrogen) atoms. The number of anilines is 1. The Balaban J connectivity index is 1.60. The number of nitro benzene ring substituents is 1.